The lowest BCUT2D eigenvalue weighted by Gasteiger charge is -2.15. The number of methoxy groups -OCH3 is 4. The minimum absolute atomic E-state index is 0.0343. The van der Waals surface area contributed by atoms with E-state index in [1.807, 2.05) is 0 Å². The van der Waals surface area contributed by atoms with E-state index in [0.717, 1.165) is 0 Å². The normalized spacial score (nSPS) is 9.93. The summed E-state index contributed by atoms with van der Waals surface area (Å²) in [5.41, 5.74) is 0.546. The van der Waals surface area contributed by atoms with E-state index in [9.17, 15) is 9.59 Å². The minimum Gasteiger partial charge on any atom is -0.495 e. The largest absolute Gasteiger partial charge is 0.495 e. The molecule has 3 N–H and O–H groups in total. The van der Waals surface area contributed by atoms with E-state index < -0.39 is 11.9 Å². The van der Waals surface area contributed by atoms with Crippen LogP contribution in [-0.2, 0) is 0 Å². The topological polar surface area (TPSA) is 115 Å². The zero-order valence-electron chi connectivity index (χ0n) is 16.2. The summed E-state index contributed by atoms with van der Waals surface area (Å²) in [5, 5.41) is 14.4. The summed E-state index contributed by atoms with van der Waals surface area (Å²) in [4.78, 5) is 23.8. The number of carboxylic acids is 1. The Kier molecular flexibility index (Phi) is 7.21. The number of rotatable bonds is 7. The highest BCUT2D eigenvalue weighted by molar-refractivity contribution is 7.80. The van der Waals surface area contributed by atoms with Crippen molar-refractivity contribution in [3.63, 3.8) is 0 Å². The fraction of sp³-hybridized carbons (Fsp3) is 0.211. The van der Waals surface area contributed by atoms with Crippen molar-refractivity contribution in [1.82, 2.24) is 5.32 Å². The third-order valence-corrected chi connectivity index (χ3v) is 4.05. The smallest absolute Gasteiger partial charge is 0.335 e. The van der Waals surface area contributed by atoms with Gasteiger partial charge in [0, 0.05) is 5.56 Å². The number of amides is 1. The van der Waals surface area contributed by atoms with Gasteiger partial charge >= 0.3 is 5.97 Å². The first-order valence-corrected chi connectivity index (χ1v) is 8.59. The third kappa shape index (κ3) is 5.05. The van der Waals surface area contributed by atoms with Crippen LogP contribution in [0.3, 0.4) is 0 Å². The number of aromatic carboxylic acids is 1. The molecule has 0 aliphatic heterocycles. The molecule has 0 radical (unpaired) electrons. The number of ether oxygens (including phenoxy) is 4. The lowest BCUT2D eigenvalue weighted by Crippen LogP contribution is -2.34. The van der Waals surface area contributed by atoms with Crippen LogP contribution >= 0.6 is 12.2 Å². The average molecular weight is 420 g/mol. The van der Waals surface area contributed by atoms with Gasteiger partial charge in [-0.2, -0.15) is 0 Å². The van der Waals surface area contributed by atoms with Crippen LogP contribution in [0.5, 0.6) is 23.0 Å². The molecule has 29 heavy (non-hydrogen) atoms. The average Bonchev–Trinajstić information content (AvgIpc) is 2.72. The second kappa shape index (κ2) is 9.60. The second-order valence-electron chi connectivity index (χ2n) is 5.54. The van der Waals surface area contributed by atoms with Crippen molar-refractivity contribution in [3.8, 4) is 23.0 Å². The lowest BCUT2D eigenvalue weighted by molar-refractivity contribution is 0.0696. The van der Waals surface area contributed by atoms with E-state index in [1.54, 1.807) is 0 Å². The molecule has 0 saturated heterocycles. The van der Waals surface area contributed by atoms with Crippen molar-refractivity contribution in [2.75, 3.05) is 33.8 Å². The summed E-state index contributed by atoms with van der Waals surface area (Å²) in [7, 11) is 5.76. The molecular weight excluding hydrogens is 400 g/mol. The first-order valence-electron chi connectivity index (χ1n) is 8.18. The molecule has 0 saturated carbocycles. The van der Waals surface area contributed by atoms with Crippen LogP contribution in [-0.4, -0.2) is 50.5 Å². The highest BCUT2D eigenvalue weighted by Crippen LogP contribution is 2.38. The number of hydrogen-bond donors (Lipinski definition) is 3. The molecule has 0 spiro atoms. The van der Waals surface area contributed by atoms with Crippen molar-refractivity contribution in [2.24, 2.45) is 0 Å². The van der Waals surface area contributed by atoms with Gasteiger partial charge in [-0.3, -0.25) is 10.1 Å². The Balaban J connectivity index is 2.23. The standard InChI is InChI=1S/C19H20N2O7S/c1-25-13-6-5-10(18(23)24)7-12(13)20-19(29)21-17(22)11-8-14(26-2)16(28-4)15(9-11)27-3/h5-9H,1-4H3,(H,23,24)(H2,20,21,22,29). The summed E-state index contributed by atoms with van der Waals surface area (Å²) in [5.74, 6) is -0.307. The Morgan fingerprint density at radius 2 is 1.45 bits per heavy atom. The summed E-state index contributed by atoms with van der Waals surface area (Å²) in [6.07, 6.45) is 0. The molecule has 2 rings (SSSR count). The van der Waals surface area contributed by atoms with Gasteiger partial charge in [0.25, 0.3) is 5.91 Å². The number of nitrogens with one attached hydrogen (secondary N) is 2. The van der Waals surface area contributed by atoms with E-state index in [2.05, 4.69) is 10.6 Å². The van der Waals surface area contributed by atoms with E-state index >= 15 is 0 Å². The molecule has 0 aliphatic rings. The zero-order chi connectivity index (χ0) is 21.6. The molecule has 0 bridgehead atoms. The number of carbonyl (C=O) groups excluding carboxylic acids is 1. The van der Waals surface area contributed by atoms with Crippen molar-refractivity contribution >= 4 is 34.9 Å². The lowest BCUT2D eigenvalue weighted by atomic mass is 10.1. The number of thiocarbonyl (C=S) groups is 1. The molecule has 10 heteroatoms. The maximum Gasteiger partial charge on any atom is 0.335 e. The van der Waals surface area contributed by atoms with Gasteiger partial charge in [0.05, 0.1) is 39.7 Å². The predicted octanol–water partition coefficient (Wildman–Crippen LogP) is 2.55. The first-order chi connectivity index (χ1) is 13.8. The Morgan fingerprint density at radius 3 is 1.93 bits per heavy atom. The molecule has 154 valence electrons. The Bertz CT molecular complexity index is 921. The molecule has 0 fully saturated rings. The van der Waals surface area contributed by atoms with E-state index in [-0.39, 0.29) is 16.2 Å². The monoisotopic (exact) mass is 420 g/mol. The van der Waals surface area contributed by atoms with E-state index in [0.29, 0.717) is 28.7 Å². The number of hydrogen-bond acceptors (Lipinski definition) is 7. The van der Waals surface area contributed by atoms with Crippen LogP contribution in [0.4, 0.5) is 5.69 Å². The van der Waals surface area contributed by atoms with Crippen LogP contribution in [0.1, 0.15) is 20.7 Å². The summed E-state index contributed by atoms with van der Waals surface area (Å²) < 4.78 is 20.9. The minimum atomic E-state index is -1.11. The molecule has 9 nitrogen and oxygen atoms in total. The quantitative estimate of drug-likeness (QED) is 0.581. The van der Waals surface area contributed by atoms with Crippen LogP contribution in [0.15, 0.2) is 30.3 Å². The van der Waals surface area contributed by atoms with Crippen LogP contribution in [0.2, 0.25) is 0 Å². The van der Waals surface area contributed by atoms with Gasteiger partial charge in [0.2, 0.25) is 5.75 Å². The van der Waals surface area contributed by atoms with Gasteiger partial charge in [-0.1, -0.05) is 0 Å². The zero-order valence-corrected chi connectivity index (χ0v) is 17.0. The van der Waals surface area contributed by atoms with Gasteiger partial charge in [-0.05, 0) is 42.5 Å². The third-order valence-electron chi connectivity index (χ3n) is 3.85. The molecule has 0 aliphatic carbocycles. The SMILES string of the molecule is COc1ccc(C(=O)O)cc1NC(=S)NC(=O)c1cc(OC)c(OC)c(OC)c1. The number of benzene rings is 2. The van der Waals surface area contributed by atoms with Crippen molar-refractivity contribution in [2.45, 2.75) is 0 Å². The molecule has 0 atom stereocenters. The van der Waals surface area contributed by atoms with Crippen molar-refractivity contribution < 1.29 is 33.6 Å². The summed E-state index contributed by atoms with van der Waals surface area (Å²) in [6, 6.07) is 7.17. The van der Waals surface area contributed by atoms with Crippen LogP contribution in [0.25, 0.3) is 0 Å². The molecule has 0 heterocycles. The van der Waals surface area contributed by atoms with Gasteiger partial charge in [0.15, 0.2) is 16.6 Å². The number of carboxylic acid groups (broad SMARTS) is 1. The molecule has 1 amide bonds. The van der Waals surface area contributed by atoms with E-state index in [1.165, 1.54) is 58.8 Å². The first kappa shape index (κ1) is 21.8. The molecule has 0 aromatic heterocycles. The fourth-order valence-corrected chi connectivity index (χ4v) is 2.68. The molecule has 2 aromatic rings. The summed E-state index contributed by atoms with van der Waals surface area (Å²) in [6.45, 7) is 0. The number of carbonyl (C=O) groups is 2. The Hall–Kier alpha value is -3.53. The molecular formula is C19H20N2O7S. The second-order valence-corrected chi connectivity index (χ2v) is 5.95. The Labute approximate surface area is 172 Å². The summed E-state index contributed by atoms with van der Waals surface area (Å²) >= 11 is 5.17. The predicted molar refractivity (Wildman–Crippen MR) is 110 cm³/mol. The van der Waals surface area contributed by atoms with Gasteiger partial charge in [0.1, 0.15) is 5.75 Å². The van der Waals surface area contributed by atoms with Gasteiger partial charge in [-0.25, -0.2) is 4.79 Å². The van der Waals surface area contributed by atoms with Gasteiger partial charge in [-0.15, -0.1) is 0 Å². The van der Waals surface area contributed by atoms with E-state index in [4.69, 9.17) is 36.3 Å². The van der Waals surface area contributed by atoms with Crippen LogP contribution < -0.4 is 29.6 Å². The fourth-order valence-electron chi connectivity index (χ4n) is 2.48. The number of anilines is 1. The maximum absolute atomic E-state index is 12.6. The maximum atomic E-state index is 12.6. The molecule has 2 aromatic carbocycles. The molecule has 0 unspecified atom stereocenters. The Morgan fingerprint density at radius 1 is 0.862 bits per heavy atom. The highest BCUT2D eigenvalue weighted by atomic mass is 32.1. The van der Waals surface area contributed by atoms with Crippen molar-refractivity contribution in [3.05, 3.63) is 41.5 Å². The highest BCUT2D eigenvalue weighted by Gasteiger charge is 2.18. The van der Waals surface area contributed by atoms with Crippen LogP contribution in [0, 0.1) is 0 Å². The van der Waals surface area contributed by atoms with Gasteiger partial charge < -0.3 is 29.4 Å². The van der Waals surface area contributed by atoms with Crippen molar-refractivity contribution in [1.29, 1.82) is 0 Å².